The van der Waals surface area contributed by atoms with Gasteiger partial charge in [-0.2, -0.15) is 13.2 Å². The highest BCUT2D eigenvalue weighted by Crippen LogP contribution is 2.68. The molecule has 0 amide bonds. The minimum atomic E-state index is -4.14. The molecule has 1 N–H and O–H groups in total. The van der Waals surface area contributed by atoms with Crippen LogP contribution < -0.4 is 4.74 Å². The van der Waals surface area contributed by atoms with E-state index in [-0.39, 0.29) is 24.9 Å². The number of aryl methyl sites for hydroxylation is 1. The fraction of sp³-hybridized carbons (Fsp3) is 0.600. The van der Waals surface area contributed by atoms with Crippen LogP contribution in [0, 0.1) is 29.1 Å². The van der Waals surface area contributed by atoms with Gasteiger partial charge in [0.2, 0.25) is 0 Å². The Morgan fingerprint density at radius 2 is 1.86 bits per heavy atom. The Balaban J connectivity index is 1.37. The summed E-state index contributed by atoms with van der Waals surface area (Å²) >= 11 is 0. The number of fused-ring (bicyclic) bond motifs is 5. The van der Waals surface area contributed by atoms with Crippen LogP contribution in [0.15, 0.2) is 48.5 Å². The van der Waals surface area contributed by atoms with E-state index in [4.69, 9.17) is 4.74 Å². The molecule has 0 radical (unpaired) electrons. The maximum absolute atomic E-state index is 14.2. The Labute approximate surface area is 206 Å². The van der Waals surface area contributed by atoms with Crippen molar-refractivity contribution in [3.8, 4) is 5.75 Å². The van der Waals surface area contributed by atoms with Crippen molar-refractivity contribution in [3.63, 3.8) is 0 Å². The molecular formula is C30H37F3O2. The van der Waals surface area contributed by atoms with Gasteiger partial charge in [-0.05, 0) is 96.4 Å². The van der Waals surface area contributed by atoms with Crippen molar-refractivity contribution in [2.24, 2.45) is 29.1 Å². The van der Waals surface area contributed by atoms with Crippen LogP contribution in [-0.4, -0.2) is 17.9 Å². The minimum Gasteiger partial charge on any atom is -0.489 e. The van der Waals surface area contributed by atoms with E-state index >= 15 is 0 Å². The molecule has 2 saturated carbocycles. The quantitative estimate of drug-likeness (QED) is 0.407. The van der Waals surface area contributed by atoms with E-state index in [9.17, 15) is 18.3 Å². The van der Waals surface area contributed by atoms with Crippen LogP contribution in [-0.2, 0) is 13.0 Å². The maximum Gasteiger partial charge on any atom is 0.392 e. The number of halogens is 3. The van der Waals surface area contributed by atoms with Crippen LogP contribution in [0.4, 0.5) is 13.2 Å². The van der Waals surface area contributed by atoms with E-state index in [0.717, 1.165) is 43.4 Å². The molecule has 5 heteroatoms. The SMILES string of the molecule is C[C@@]12CCC3c4ccc(OCc5ccccc5)cc4CCC3C1[C@@H](CCCCO)C[C@H]2C(F)(F)F. The maximum atomic E-state index is 14.2. The number of alkyl halides is 3. The van der Waals surface area contributed by atoms with Crippen LogP contribution in [0.1, 0.15) is 74.5 Å². The molecule has 3 unspecified atom stereocenters. The number of unbranched alkanes of at least 4 members (excludes halogenated alkanes) is 1. The molecule has 5 rings (SSSR count). The molecule has 35 heavy (non-hydrogen) atoms. The predicted molar refractivity (Wildman–Crippen MR) is 131 cm³/mol. The number of hydrogen-bond donors (Lipinski definition) is 1. The molecule has 0 saturated heterocycles. The van der Waals surface area contributed by atoms with E-state index in [2.05, 4.69) is 24.3 Å². The van der Waals surface area contributed by atoms with Gasteiger partial charge in [0.1, 0.15) is 12.4 Å². The van der Waals surface area contributed by atoms with Gasteiger partial charge in [-0.25, -0.2) is 0 Å². The second kappa shape index (κ2) is 9.80. The summed E-state index contributed by atoms with van der Waals surface area (Å²) in [6, 6.07) is 16.5. The molecular weight excluding hydrogens is 449 g/mol. The van der Waals surface area contributed by atoms with Crippen molar-refractivity contribution in [2.75, 3.05) is 6.61 Å². The second-order valence-corrected chi connectivity index (χ2v) is 11.3. The first-order chi connectivity index (χ1) is 16.8. The first kappa shape index (κ1) is 24.7. The molecule has 6 atom stereocenters. The number of rotatable bonds is 7. The minimum absolute atomic E-state index is 0.0982. The largest absolute Gasteiger partial charge is 0.489 e. The lowest BCUT2D eigenvalue weighted by molar-refractivity contribution is -0.208. The standard InChI is InChI=1S/C30H37F3O2/c1-29-15-14-25-24-13-11-23(35-19-20-7-3-2-4-8-20)17-21(24)10-12-26(25)28(29)22(9-5-6-16-34)18-27(29)30(31,32)33/h2-4,7-8,11,13,17,22,25-28,34H,5-6,9-10,12,14-16,18-19H2,1H3/t22-,25?,26?,27+,28?,29-/m0/s1. The van der Waals surface area contributed by atoms with Crippen molar-refractivity contribution in [1.82, 2.24) is 0 Å². The third kappa shape index (κ3) is 4.73. The lowest BCUT2D eigenvalue weighted by Crippen LogP contribution is -2.46. The summed E-state index contributed by atoms with van der Waals surface area (Å²) in [6.07, 6.45) is 1.77. The van der Waals surface area contributed by atoms with E-state index in [1.165, 1.54) is 11.1 Å². The number of ether oxygens (including phenoxy) is 1. The van der Waals surface area contributed by atoms with Gasteiger partial charge in [-0.1, -0.05) is 56.2 Å². The molecule has 0 heterocycles. The Morgan fingerprint density at radius 3 is 2.60 bits per heavy atom. The highest BCUT2D eigenvalue weighted by molar-refractivity contribution is 5.41. The van der Waals surface area contributed by atoms with Gasteiger partial charge in [-0.15, -0.1) is 0 Å². The van der Waals surface area contributed by atoms with E-state index in [1.54, 1.807) is 0 Å². The van der Waals surface area contributed by atoms with E-state index in [0.29, 0.717) is 31.3 Å². The van der Waals surface area contributed by atoms with Gasteiger partial charge in [-0.3, -0.25) is 0 Å². The van der Waals surface area contributed by atoms with Crippen molar-refractivity contribution in [1.29, 1.82) is 0 Å². The average Bonchev–Trinajstić information content (AvgIpc) is 3.16. The summed E-state index contributed by atoms with van der Waals surface area (Å²) < 4.78 is 48.6. The lowest BCUT2D eigenvalue weighted by atomic mass is 9.52. The van der Waals surface area contributed by atoms with Gasteiger partial charge < -0.3 is 9.84 Å². The van der Waals surface area contributed by atoms with Gasteiger partial charge in [0.05, 0.1) is 5.92 Å². The molecule has 2 aromatic rings. The normalized spacial score (nSPS) is 32.0. The second-order valence-electron chi connectivity index (χ2n) is 11.3. The van der Waals surface area contributed by atoms with Crippen LogP contribution in [0.2, 0.25) is 0 Å². The molecule has 190 valence electrons. The summed E-state index contributed by atoms with van der Waals surface area (Å²) in [6.45, 7) is 2.58. The van der Waals surface area contributed by atoms with E-state index < -0.39 is 17.5 Å². The average molecular weight is 487 g/mol. The fourth-order valence-electron chi connectivity index (χ4n) is 8.00. The summed E-state index contributed by atoms with van der Waals surface area (Å²) in [5.41, 5.74) is 3.10. The molecule has 0 bridgehead atoms. The molecule has 0 spiro atoms. The van der Waals surface area contributed by atoms with Gasteiger partial charge in [0.15, 0.2) is 0 Å². The van der Waals surface area contributed by atoms with Crippen LogP contribution in [0.3, 0.4) is 0 Å². The molecule has 2 aromatic carbocycles. The lowest BCUT2D eigenvalue weighted by Gasteiger charge is -2.52. The van der Waals surface area contributed by atoms with Crippen molar-refractivity contribution in [3.05, 3.63) is 65.2 Å². The zero-order valence-corrected chi connectivity index (χ0v) is 20.6. The van der Waals surface area contributed by atoms with Gasteiger partial charge in [0.25, 0.3) is 0 Å². The molecule has 2 fully saturated rings. The number of aliphatic hydroxyl groups excluding tert-OH is 1. The van der Waals surface area contributed by atoms with Crippen LogP contribution in [0.25, 0.3) is 0 Å². The fourth-order valence-corrected chi connectivity index (χ4v) is 8.00. The van der Waals surface area contributed by atoms with Crippen molar-refractivity contribution >= 4 is 0 Å². The molecule has 0 aromatic heterocycles. The third-order valence-corrected chi connectivity index (χ3v) is 9.46. The highest BCUT2D eigenvalue weighted by Gasteiger charge is 2.64. The monoisotopic (exact) mass is 486 g/mol. The van der Waals surface area contributed by atoms with E-state index in [1.807, 2.05) is 31.2 Å². The zero-order valence-electron chi connectivity index (χ0n) is 20.6. The van der Waals surface area contributed by atoms with Crippen molar-refractivity contribution in [2.45, 2.75) is 77.0 Å². The highest BCUT2D eigenvalue weighted by atomic mass is 19.4. The Bertz CT molecular complexity index is 1000. The molecule has 0 aliphatic heterocycles. The summed E-state index contributed by atoms with van der Waals surface area (Å²) in [7, 11) is 0. The topological polar surface area (TPSA) is 29.5 Å². The smallest absolute Gasteiger partial charge is 0.392 e. The Morgan fingerprint density at radius 1 is 1.06 bits per heavy atom. The number of benzene rings is 2. The Hall–Kier alpha value is -2.01. The molecule has 2 nitrogen and oxygen atoms in total. The summed E-state index contributed by atoms with van der Waals surface area (Å²) in [4.78, 5) is 0. The third-order valence-electron chi connectivity index (χ3n) is 9.46. The first-order valence-electron chi connectivity index (χ1n) is 13.3. The first-order valence-corrected chi connectivity index (χ1v) is 13.3. The van der Waals surface area contributed by atoms with Crippen LogP contribution >= 0.6 is 0 Å². The number of aliphatic hydroxyl groups is 1. The predicted octanol–water partition coefficient (Wildman–Crippen LogP) is 7.69. The summed E-state index contributed by atoms with van der Waals surface area (Å²) in [5, 5.41) is 9.24. The Kier molecular flexibility index (Phi) is 6.91. The van der Waals surface area contributed by atoms with Gasteiger partial charge >= 0.3 is 6.18 Å². The number of hydrogen-bond acceptors (Lipinski definition) is 2. The summed E-state index contributed by atoms with van der Waals surface area (Å²) in [5.74, 6) is 0.521. The van der Waals surface area contributed by atoms with Crippen molar-refractivity contribution < 1.29 is 23.0 Å². The molecule has 3 aliphatic carbocycles. The zero-order chi connectivity index (χ0) is 24.6. The van der Waals surface area contributed by atoms with Crippen LogP contribution in [0.5, 0.6) is 5.75 Å². The van der Waals surface area contributed by atoms with Gasteiger partial charge in [0, 0.05) is 6.61 Å². The molecule has 3 aliphatic rings.